The third-order valence-electron chi connectivity index (χ3n) is 5.70. The zero-order valence-electron chi connectivity index (χ0n) is 21.3. The van der Waals surface area contributed by atoms with Crippen LogP contribution >= 0.6 is 0 Å². The number of alkyl halides is 3. The van der Waals surface area contributed by atoms with E-state index in [1.54, 1.807) is 24.1 Å². The lowest BCUT2D eigenvalue weighted by atomic mass is 10.1. The van der Waals surface area contributed by atoms with Gasteiger partial charge in [0.15, 0.2) is 15.4 Å². The molecule has 0 unspecified atom stereocenters. The fourth-order valence-electron chi connectivity index (χ4n) is 3.54. The lowest BCUT2D eigenvalue weighted by Crippen LogP contribution is -2.33. The minimum atomic E-state index is -5.08. The number of nitrogens with zero attached hydrogens (tertiary/aromatic N) is 4. The Labute approximate surface area is 227 Å². The quantitative estimate of drug-likeness (QED) is 0.298. The summed E-state index contributed by atoms with van der Waals surface area (Å²) in [5.74, 6) is -2.18. The number of carbonyl (C=O) groups excluding carboxylic acids is 1. The molecule has 0 aliphatic carbocycles. The normalized spacial score (nSPS) is 13.2. The monoisotopic (exact) mass is 584 g/mol. The van der Waals surface area contributed by atoms with E-state index >= 15 is 0 Å². The maximum Gasteiger partial charge on any atom is 0.490 e. The van der Waals surface area contributed by atoms with Gasteiger partial charge in [-0.2, -0.15) is 13.2 Å². The van der Waals surface area contributed by atoms with Crippen molar-refractivity contribution in [3.63, 3.8) is 0 Å². The maximum absolute atomic E-state index is 12.6. The molecular formula is C24H27F3N6O6S. The number of sulfone groups is 1. The van der Waals surface area contributed by atoms with Crippen LogP contribution in [0.15, 0.2) is 57.0 Å². The predicted octanol–water partition coefficient (Wildman–Crippen LogP) is 1.62. The van der Waals surface area contributed by atoms with Gasteiger partial charge in [0.2, 0.25) is 5.91 Å². The highest BCUT2D eigenvalue weighted by atomic mass is 32.2. The summed E-state index contributed by atoms with van der Waals surface area (Å²) < 4.78 is 61.6. The van der Waals surface area contributed by atoms with Crippen LogP contribution < -0.4 is 10.6 Å². The van der Waals surface area contributed by atoms with E-state index < -0.39 is 22.0 Å². The standard InChI is InChI=1S/C22H26N6O4S.C2HF3O2/c1-28(14-10-16-5-7-17(8-6-16)22-24-12-13-25-22)20(29)9-11-23-15-33(30,31)19-4-2-3-18-21(19)27-32-26-18;3-2(4,5)1(6)7/h2-8,23H,9-15H2,1H3,(H,24,25);(H,6,7). The van der Waals surface area contributed by atoms with Crippen molar-refractivity contribution >= 4 is 38.6 Å². The molecule has 1 amide bonds. The van der Waals surface area contributed by atoms with Crippen LogP contribution in [0, 0.1) is 0 Å². The van der Waals surface area contributed by atoms with E-state index in [-0.39, 0.29) is 35.2 Å². The summed E-state index contributed by atoms with van der Waals surface area (Å²) in [7, 11) is -1.89. The smallest absolute Gasteiger partial charge is 0.475 e. The number of likely N-dealkylation sites (N-methyl/N-ethyl adjacent to an activating group) is 1. The number of aliphatic imine (C=N–C) groups is 1. The molecule has 3 N–H and O–H groups in total. The van der Waals surface area contributed by atoms with Gasteiger partial charge in [-0.05, 0) is 34.4 Å². The van der Waals surface area contributed by atoms with Gasteiger partial charge < -0.3 is 20.6 Å². The van der Waals surface area contributed by atoms with Gasteiger partial charge >= 0.3 is 12.1 Å². The first kappa shape index (κ1) is 30.5. The number of fused-ring (bicyclic) bond motifs is 1. The second kappa shape index (κ2) is 13.3. The van der Waals surface area contributed by atoms with Crippen LogP contribution in [0.1, 0.15) is 17.5 Å². The molecule has 2 heterocycles. The van der Waals surface area contributed by atoms with Crippen LogP contribution in [0.4, 0.5) is 13.2 Å². The van der Waals surface area contributed by atoms with Gasteiger partial charge in [0.1, 0.15) is 17.2 Å². The number of halogens is 3. The van der Waals surface area contributed by atoms with E-state index in [4.69, 9.17) is 9.90 Å². The Morgan fingerprint density at radius 1 is 1.15 bits per heavy atom. The fourth-order valence-corrected chi connectivity index (χ4v) is 4.84. The van der Waals surface area contributed by atoms with E-state index in [1.165, 1.54) is 6.07 Å². The molecule has 4 rings (SSSR count). The van der Waals surface area contributed by atoms with Crippen LogP contribution in [0.2, 0.25) is 0 Å². The highest BCUT2D eigenvalue weighted by Crippen LogP contribution is 2.20. The van der Waals surface area contributed by atoms with Crippen LogP contribution in [-0.4, -0.2) is 91.7 Å². The van der Waals surface area contributed by atoms with Crippen molar-refractivity contribution < 1.29 is 40.9 Å². The molecule has 0 bridgehead atoms. The number of hydrogen-bond donors (Lipinski definition) is 3. The number of hydrogen-bond acceptors (Lipinski definition) is 10. The number of amidine groups is 1. The van der Waals surface area contributed by atoms with Crippen molar-refractivity contribution in [1.29, 1.82) is 0 Å². The molecule has 1 aliphatic rings. The molecule has 0 saturated heterocycles. The van der Waals surface area contributed by atoms with Crippen molar-refractivity contribution in [2.45, 2.75) is 23.9 Å². The van der Waals surface area contributed by atoms with Crippen LogP contribution in [0.5, 0.6) is 0 Å². The summed E-state index contributed by atoms with van der Waals surface area (Å²) in [5, 5.41) is 20.6. The Hall–Kier alpha value is -4.05. The first-order valence-electron chi connectivity index (χ1n) is 11.9. The minimum absolute atomic E-state index is 0.0520. The molecule has 1 aliphatic heterocycles. The maximum atomic E-state index is 12.6. The zero-order chi connectivity index (χ0) is 29.3. The molecule has 0 atom stereocenters. The third-order valence-corrected chi connectivity index (χ3v) is 7.28. The number of carbonyl (C=O) groups is 2. The van der Waals surface area contributed by atoms with Crippen LogP contribution in [0.25, 0.3) is 11.0 Å². The number of aromatic nitrogens is 2. The van der Waals surface area contributed by atoms with Gasteiger partial charge in [-0.25, -0.2) is 17.8 Å². The van der Waals surface area contributed by atoms with E-state index in [1.807, 2.05) is 24.3 Å². The number of aliphatic carboxylic acids is 1. The van der Waals surface area contributed by atoms with E-state index in [2.05, 4.69) is 30.6 Å². The van der Waals surface area contributed by atoms with Gasteiger partial charge in [-0.15, -0.1) is 0 Å². The van der Waals surface area contributed by atoms with E-state index in [0.29, 0.717) is 12.1 Å². The number of benzene rings is 2. The zero-order valence-corrected chi connectivity index (χ0v) is 22.1. The van der Waals surface area contributed by atoms with Gasteiger partial charge in [-0.3, -0.25) is 9.79 Å². The van der Waals surface area contributed by atoms with Gasteiger partial charge in [-0.1, -0.05) is 30.3 Å². The Morgan fingerprint density at radius 3 is 2.48 bits per heavy atom. The van der Waals surface area contributed by atoms with Gasteiger partial charge in [0.25, 0.3) is 0 Å². The summed E-state index contributed by atoms with van der Waals surface area (Å²) >= 11 is 0. The molecule has 3 aromatic rings. The molecule has 0 fully saturated rings. The summed E-state index contributed by atoms with van der Waals surface area (Å²) in [6, 6.07) is 12.9. The number of carboxylic acids is 1. The van der Waals surface area contributed by atoms with Crippen molar-refractivity contribution in [3.8, 4) is 0 Å². The van der Waals surface area contributed by atoms with Crippen molar-refractivity contribution in [3.05, 3.63) is 53.6 Å². The molecule has 0 spiro atoms. The van der Waals surface area contributed by atoms with Crippen molar-refractivity contribution in [1.82, 2.24) is 25.8 Å². The van der Waals surface area contributed by atoms with Gasteiger partial charge in [0, 0.05) is 38.7 Å². The van der Waals surface area contributed by atoms with Gasteiger partial charge in [0.05, 0.1) is 11.4 Å². The first-order valence-corrected chi connectivity index (χ1v) is 13.6. The van der Waals surface area contributed by atoms with E-state index in [9.17, 15) is 26.4 Å². The average molecular weight is 585 g/mol. The molecule has 0 saturated carbocycles. The SMILES string of the molecule is CN(CCc1ccc(C2=NCCN2)cc1)C(=O)CCNCS(=O)(=O)c1cccc2nonc12.O=C(O)C(F)(F)F. The number of carboxylic acid groups (broad SMARTS) is 1. The molecule has 0 radical (unpaired) electrons. The Bertz CT molecular complexity index is 1460. The highest BCUT2D eigenvalue weighted by molar-refractivity contribution is 7.91. The molecule has 1 aromatic heterocycles. The Balaban J connectivity index is 0.000000559. The summed E-state index contributed by atoms with van der Waals surface area (Å²) in [6.45, 7) is 2.51. The predicted molar refractivity (Wildman–Crippen MR) is 137 cm³/mol. The first-order chi connectivity index (χ1) is 18.9. The van der Waals surface area contributed by atoms with Crippen LogP contribution in [-0.2, 0) is 25.8 Å². The Kier molecular flexibility index (Phi) is 10.2. The highest BCUT2D eigenvalue weighted by Gasteiger charge is 2.38. The second-order valence-corrected chi connectivity index (χ2v) is 10.6. The largest absolute Gasteiger partial charge is 0.490 e. The number of amides is 1. The minimum Gasteiger partial charge on any atom is -0.475 e. The van der Waals surface area contributed by atoms with E-state index in [0.717, 1.165) is 36.5 Å². The molecule has 40 heavy (non-hydrogen) atoms. The lowest BCUT2D eigenvalue weighted by molar-refractivity contribution is -0.192. The van der Waals surface area contributed by atoms with Crippen molar-refractivity contribution in [2.24, 2.45) is 4.99 Å². The van der Waals surface area contributed by atoms with Crippen LogP contribution in [0.3, 0.4) is 0 Å². The summed E-state index contributed by atoms with van der Waals surface area (Å²) in [4.78, 5) is 27.4. The number of nitrogens with one attached hydrogen (secondary N) is 2. The average Bonchev–Trinajstić information content (AvgIpc) is 3.62. The molecule has 16 heteroatoms. The summed E-state index contributed by atoms with van der Waals surface area (Å²) in [5.41, 5.74) is 2.79. The molecule has 2 aromatic carbocycles. The summed E-state index contributed by atoms with van der Waals surface area (Å²) in [6.07, 6.45) is -4.15. The molecule has 216 valence electrons. The second-order valence-electron chi connectivity index (χ2n) is 8.62. The van der Waals surface area contributed by atoms with Crippen molar-refractivity contribution in [2.75, 3.05) is 39.1 Å². The third kappa shape index (κ3) is 8.47. The topological polar surface area (TPSA) is 167 Å². The lowest BCUT2D eigenvalue weighted by Gasteiger charge is -2.17. The molecule has 12 nitrogen and oxygen atoms in total. The fraction of sp³-hybridized carbons (Fsp3) is 0.375. The Morgan fingerprint density at radius 2 is 1.85 bits per heavy atom. The number of rotatable bonds is 10. The molecular weight excluding hydrogens is 557 g/mol.